The van der Waals surface area contributed by atoms with E-state index in [1.54, 1.807) is 6.07 Å². The maximum absolute atomic E-state index is 12.7. The number of nitrogens with zero attached hydrogens (tertiary/aromatic N) is 3. The first kappa shape index (κ1) is 15.0. The summed E-state index contributed by atoms with van der Waals surface area (Å²) < 4.78 is 12.7. The van der Waals surface area contributed by atoms with Crippen LogP contribution in [0.4, 0.5) is 4.39 Å². The van der Waals surface area contributed by atoms with Gasteiger partial charge in [-0.15, -0.1) is 0 Å². The van der Waals surface area contributed by atoms with Gasteiger partial charge in [0.05, 0.1) is 11.9 Å². The average molecular weight is 254 g/mol. The van der Waals surface area contributed by atoms with Crippen LogP contribution in [-0.4, -0.2) is 55.6 Å². The van der Waals surface area contributed by atoms with Crippen molar-refractivity contribution in [1.82, 2.24) is 14.8 Å². The Morgan fingerprint density at radius 3 is 2.50 bits per heavy atom. The normalized spacial score (nSPS) is 13.3. The molecule has 1 rings (SSSR count). The van der Waals surface area contributed by atoms with Crippen LogP contribution in [0.5, 0.6) is 0 Å². The van der Waals surface area contributed by atoms with Crippen molar-refractivity contribution in [2.24, 2.45) is 5.73 Å². The number of halogens is 1. The largest absolute Gasteiger partial charge is 0.323 e. The lowest BCUT2D eigenvalue weighted by Gasteiger charge is -2.21. The van der Waals surface area contributed by atoms with Crippen molar-refractivity contribution in [3.8, 4) is 0 Å². The minimum absolute atomic E-state index is 0.132. The highest BCUT2D eigenvalue weighted by Crippen LogP contribution is 2.11. The topological polar surface area (TPSA) is 45.4 Å². The van der Waals surface area contributed by atoms with Crippen LogP contribution in [0.25, 0.3) is 0 Å². The van der Waals surface area contributed by atoms with E-state index < -0.39 is 0 Å². The van der Waals surface area contributed by atoms with Crippen molar-refractivity contribution in [3.63, 3.8) is 0 Å². The van der Waals surface area contributed by atoms with E-state index in [-0.39, 0.29) is 11.9 Å². The zero-order valence-corrected chi connectivity index (χ0v) is 11.4. The van der Waals surface area contributed by atoms with Gasteiger partial charge in [-0.05, 0) is 46.2 Å². The third-order valence-corrected chi connectivity index (χ3v) is 2.88. The fraction of sp³-hybridized carbons (Fsp3) is 0.615. The van der Waals surface area contributed by atoms with Gasteiger partial charge in [-0.25, -0.2) is 4.39 Å². The van der Waals surface area contributed by atoms with Crippen LogP contribution < -0.4 is 5.73 Å². The summed E-state index contributed by atoms with van der Waals surface area (Å²) in [4.78, 5) is 8.39. The molecule has 0 aromatic carbocycles. The van der Waals surface area contributed by atoms with Crippen LogP contribution in [-0.2, 0) is 0 Å². The lowest BCUT2D eigenvalue weighted by Crippen LogP contribution is -2.30. The van der Waals surface area contributed by atoms with Gasteiger partial charge in [0, 0.05) is 19.1 Å². The van der Waals surface area contributed by atoms with Crippen LogP contribution >= 0.6 is 0 Å². The van der Waals surface area contributed by atoms with Crippen molar-refractivity contribution in [2.45, 2.75) is 12.5 Å². The predicted molar refractivity (Wildman–Crippen MR) is 71.8 cm³/mol. The minimum atomic E-state index is -0.325. The highest BCUT2D eigenvalue weighted by Gasteiger charge is 2.09. The van der Waals surface area contributed by atoms with Gasteiger partial charge in [-0.1, -0.05) is 0 Å². The van der Waals surface area contributed by atoms with E-state index in [0.29, 0.717) is 0 Å². The molecular weight excluding hydrogens is 231 g/mol. The second-order valence-electron chi connectivity index (χ2n) is 4.90. The van der Waals surface area contributed by atoms with Gasteiger partial charge >= 0.3 is 0 Å². The fourth-order valence-corrected chi connectivity index (χ4v) is 1.60. The Kier molecular flexibility index (Phi) is 6.18. The monoisotopic (exact) mass is 254 g/mol. The average Bonchev–Trinajstić information content (AvgIpc) is 2.34. The van der Waals surface area contributed by atoms with Crippen molar-refractivity contribution in [1.29, 1.82) is 0 Å². The van der Waals surface area contributed by atoms with Crippen molar-refractivity contribution in [2.75, 3.05) is 40.8 Å². The van der Waals surface area contributed by atoms with Crippen molar-refractivity contribution < 1.29 is 4.39 Å². The van der Waals surface area contributed by atoms with Gasteiger partial charge in [-0.3, -0.25) is 4.98 Å². The second-order valence-corrected chi connectivity index (χ2v) is 4.90. The number of likely N-dealkylation sites (N-methyl/N-ethyl adjacent to an activating group) is 2. The first-order valence-corrected chi connectivity index (χ1v) is 6.19. The lowest BCUT2D eigenvalue weighted by atomic mass is 10.1. The number of nitrogens with two attached hydrogens (primary N) is 1. The Balaban J connectivity index is 2.32. The molecule has 0 spiro atoms. The highest BCUT2D eigenvalue weighted by atomic mass is 19.1. The summed E-state index contributed by atoms with van der Waals surface area (Å²) in [5.41, 5.74) is 6.77. The molecule has 0 radical (unpaired) electrons. The molecule has 0 aliphatic heterocycles. The smallest absolute Gasteiger partial charge is 0.141 e. The van der Waals surface area contributed by atoms with Crippen LogP contribution in [0.3, 0.4) is 0 Å². The number of pyridine rings is 1. The van der Waals surface area contributed by atoms with E-state index in [1.807, 2.05) is 0 Å². The number of hydrogen-bond donors (Lipinski definition) is 1. The molecule has 1 heterocycles. The number of aromatic nitrogens is 1. The lowest BCUT2D eigenvalue weighted by molar-refractivity contribution is 0.273. The molecule has 0 bridgehead atoms. The number of rotatable bonds is 7. The molecule has 0 saturated carbocycles. The molecule has 102 valence electrons. The van der Waals surface area contributed by atoms with Crippen LogP contribution in [0.1, 0.15) is 18.2 Å². The van der Waals surface area contributed by atoms with Gasteiger partial charge in [0.1, 0.15) is 5.82 Å². The van der Waals surface area contributed by atoms with E-state index in [9.17, 15) is 4.39 Å². The standard InChI is InChI=1S/C13H23FN4/c1-17(2)8-9-18(3)7-6-12(15)13-5-4-11(14)10-16-13/h4-5,10,12H,6-9,15H2,1-3H3. The molecule has 5 heteroatoms. The summed E-state index contributed by atoms with van der Waals surface area (Å²) in [6.45, 7) is 2.95. The molecule has 2 N–H and O–H groups in total. The maximum atomic E-state index is 12.7. The number of hydrogen-bond acceptors (Lipinski definition) is 4. The van der Waals surface area contributed by atoms with E-state index in [4.69, 9.17) is 5.73 Å². The molecule has 4 nitrogen and oxygen atoms in total. The predicted octanol–water partition coefficient (Wildman–Crippen LogP) is 1.10. The van der Waals surface area contributed by atoms with E-state index in [1.165, 1.54) is 12.3 Å². The molecule has 1 aromatic heterocycles. The molecule has 0 amide bonds. The maximum Gasteiger partial charge on any atom is 0.141 e. The van der Waals surface area contributed by atoms with E-state index >= 15 is 0 Å². The first-order valence-electron chi connectivity index (χ1n) is 6.19. The van der Waals surface area contributed by atoms with Gasteiger partial charge in [-0.2, -0.15) is 0 Å². The Labute approximate surface area is 109 Å². The molecule has 0 saturated heterocycles. The first-order chi connectivity index (χ1) is 8.49. The Morgan fingerprint density at radius 1 is 1.22 bits per heavy atom. The van der Waals surface area contributed by atoms with Crippen molar-refractivity contribution >= 4 is 0 Å². The zero-order valence-electron chi connectivity index (χ0n) is 11.4. The van der Waals surface area contributed by atoms with Crippen LogP contribution in [0.2, 0.25) is 0 Å². The van der Waals surface area contributed by atoms with Crippen LogP contribution in [0.15, 0.2) is 18.3 Å². The summed E-state index contributed by atoms with van der Waals surface area (Å²) >= 11 is 0. The van der Waals surface area contributed by atoms with E-state index in [0.717, 1.165) is 31.7 Å². The highest BCUT2D eigenvalue weighted by molar-refractivity contribution is 5.09. The molecule has 1 atom stereocenters. The van der Waals surface area contributed by atoms with Gasteiger partial charge in [0.25, 0.3) is 0 Å². The van der Waals surface area contributed by atoms with E-state index in [2.05, 4.69) is 35.9 Å². The summed E-state index contributed by atoms with van der Waals surface area (Å²) in [7, 11) is 6.19. The van der Waals surface area contributed by atoms with Crippen LogP contribution in [0, 0.1) is 5.82 Å². The Hall–Kier alpha value is -1.04. The molecule has 0 aliphatic carbocycles. The third kappa shape index (κ3) is 5.53. The van der Waals surface area contributed by atoms with Gasteiger partial charge < -0.3 is 15.5 Å². The van der Waals surface area contributed by atoms with Gasteiger partial charge in [0.2, 0.25) is 0 Å². The van der Waals surface area contributed by atoms with Gasteiger partial charge in [0.15, 0.2) is 0 Å². The quantitative estimate of drug-likeness (QED) is 0.791. The summed E-state index contributed by atoms with van der Waals surface area (Å²) in [5.74, 6) is -0.325. The molecule has 0 aliphatic rings. The summed E-state index contributed by atoms with van der Waals surface area (Å²) in [5, 5.41) is 0. The summed E-state index contributed by atoms with van der Waals surface area (Å²) in [6, 6.07) is 2.92. The minimum Gasteiger partial charge on any atom is -0.323 e. The second kappa shape index (κ2) is 7.41. The molecule has 18 heavy (non-hydrogen) atoms. The Bertz CT molecular complexity index is 339. The molecule has 1 unspecified atom stereocenters. The summed E-state index contributed by atoms with van der Waals surface area (Å²) in [6.07, 6.45) is 2.04. The molecule has 0 fully saturated rings. The van der Waals surface area contributed by atoms with Crippen molar-refractivity contribution in [3.05, 3.63) is 29.8 Å². The fourth-order valence-electron chi connectivity index (χ4n) is 1.60. The zero-order chi connectivity index (χ0) is 13.5. The molecular formula is C13H23FN4. The Morgan fingerprint density at radius 2 is 1.94 bits per heavy atom. The molecule has 1 aromatic rings. The SMILES string of the molecule is CN(C)CCN(C)CCC(N)c1ccc(F)cn1. The third-order valence-electron chi connectivity index (χ3n) is 2.88.